The van der Waals surface area contributed by atoms with E-state index < -0.39 is 0 Å². The average Bonchev–Trinajstić information content (AvgIpc) is 2.74. The van der Waals surface area contributed by atoms with Gasteiger partial charge in [-0.1, -0.05) is 30.3 Å². The van der Waals surface area contributed by atoms with Crippen LogP contribution in [0.25, 0.3) is 21.5 Å². The van der Waals surface area contributed by atoms with Crippen molar-refractivity contribution in [2.45, 2.75) is 6.92 Å². The van der Waals surface area contributed by atoms with Gasteiger partial charge in [-0.25, -0.2) is 4.98 Å². The number of nitrogens with zero attached hydrogens (tertiary/aromatic N) is 2. The number of nitrogens with one attached hydrogen (secondary N) is 1. The van der Waals surface area contributed by atoms with E-state index in [-0.39, 0.29) is 5.56 Å². The second-order valence-electron chi connectivity index (χ2n) is 3.73. The molecule has 0 saturated heterocycles. The second-order valence-corrected chi connectivity index (χ2v) is 4.50. The molecule has 0 bridgehead atoms. The Kier molecular flexibility index (Phi) is 2.26. The van der Waals surface area contributed by atoms with Gasteiger partial charge in [0.25, 0.3) is 5.56 Å². The smallest absolute Gasteiger partial charge is 0.270 e. The van der Waals surface area contributed by atoms with Crippen molar-refractivity contribution < 1.29 is 0 Å². The average molecular weight is 243 g/mol. The lowest BCUT2D eigenvalue weighted by molar-refractivity contribution is 1.06. The third-order valence-corrected chi connectivity index (χ3v) is 3.33. The van der Waals surface area contributed by atoms with Crippen molar-refractivity contribution in [3.8, 4) is 11.3 Å². The summed E-state index contributed by atoms with van der Waals surface area (Å²) in [5.41, 5.74) is 2.32. The standard InChI is InChI=1S/C12H9N3OS/c1-7-13-10-9(8-5-3-2-4-6-8)15-17-11(10)12(16)14-7/h2-6H,1H3,(H,13,14,16). The number of hydrogen-bond donors (Lipinski definition) is 1. The molecule has 0 unspecified atom stereocenters. The SMILES string of the molecule is Cc1nc2c(-c3ccccc3)nsc2c(=O)[nH]1. The molecule has 0 aliphatic carbocycles. The van der Waals surface area contributed by atoms with Crippen LogP contribution >= 0.6 is 11.5 Å². The van der Waals surface area contributed by atoms with Gasteiger partial charge >= 0.3 is 0 Å². The van der Waals surface area contributed by atoms with Crippen molar-refractivity contribution in [1.82, 2.24) is 14.3 Å². The summed E-state index contributed by atoms with van der Waals surface area (Å²) in [6.07, 6.45) is 0. The molecule has 0 spiro atoms. The van der Waals surface area contributed by atoms with Crippen molar-refractivity contribution in [2.75, 3.05) is 0 Å². The normalized spacial score (nSPS) is 10.9. The van der Waals surface area contributed by atoms with Crippen LogP contribution in [0.1, 0.15) is 5.82 Å². The molecule has 1 N–H and O–H groups in total. The Bertz CT molecular complexity index is 730. The van der Waals surface area contributed by atoms with Crippen molar-refractivity contribution in [1.29, 1.82) is 0 Å². The fraction of sp³-hybridized carbons (Fsp3) is 0.0833. The zero-order chi connectivity index (χ0) is 11.8. The molecule has 2 heterocycles. The highest BCUT2D eigenvalue weighted by molar-refractivity contribution is 7.13. The molecule has 4 nitrogen and oxygen atoms in total. The first kappa shape index (κ1) is 10.2. The van der Waals surface area contributed by atoms with Gasteiger partial charge < -0.3 is 4.98 Å². The molecular formula is C12H9N3OS. The summed E-state index contributed by atoms with van der Waals surface area (Å²) in [5, 5.41) is 0. The van der Waals surface area contributed by atoms with Crippen LogP contribution in [0.5, 0.6) is 0 Å². The molecule has 17 heavy (non-hydrogen) atoms. The van der Waals surface area contributed by atoms with Gasteiger partial charge in [-0.05, 0) is 18.5 Å². The van der Waals surface area contributed by atoms with Gasteiger partial charge in [0.05, 0.1) is 0 Å². The first-order valence-electron chi connectivity index (χ1n) is 5.17. The predicted molar refractivity (Wildman–Crippen MR) is 68.2 cm³/mol. The quantitative estimate of drug-likeness (QED) is 0.713. The lowest BCUT2D eigenvalue weighted by atomic mass is 10.1. The molecule has 84 valence electrons. The summed E-state index contributed by atoms with van der Waals surface area (Å²) in [4.78, 5) is 18.8. The van der Waals surface area contributed by atoms with Crippen LogP contribution in [-0.2, 0) is 0 Å². The van der Waals surface area contributed by atoms with Gasteiger partial charge in [0, 0.05) is 5.56 Å². The fourth-order valence-electron chi connectivity index (χ4n) is 1.74. The summed E-state index contributed by atoms with van der Waals surface area (Å²) >= 11 is 1.19. The topological polar surface area (TPSA) is 58.6 Å². The van der Waals surface area contributed by atoms with Gasteiger partial charge in [0.15, 0.2) is 0 Å². The number of hydrogen-bond acceptors (Lipinski definition) is 4. The monoisotopic (exact) mass is 243 g/mol. The van der Waals surface area contributed by atoms with Gasteiger partial charge in [0.2, 0.25) is 0 Å². The minimum Gasteiger partial charge on any atom is -0.309 e. The molecule has 0 radical (unpaired) electrons. The van der Waals surface area contributed by atoms with Gasteiger partial charge in [0.1, 0.15) is 21.7 Å². The Hall–Kier alpha value is -2.01. The number of H-pyrrole nitrogens is 1. The molecule has 0 atom stereocenters. The highest BCUT2D eigenvalue weighted by Gasteiger charge is 2.12. The highest BCUT2D eigenvalue weighted by atomic mass is 32.1. The number of aromatic amines is 1. The van der Waals surface area contributed by atoms with E-state index in [4.69, 9.17) is 0 Å². The fourth-order valence-corrected chi connectivity index (χ4v) is 2.48. The van der Waals surface area contributed by atoms with E-state index in [0.717, 1.165) is 11.3 Å². The van der Waals surface area contributed by atoms with Crippen molar-refractivity contribution in [2.24, 2.45) is 0 Å². The lowest BCUT2D eigenvalue weighted by Crippen LogP contribution is -2.07. The van der Waals surface area contributed by atoms with E-state index in [2.05, 4.69) is 14.3 Å². The first-order chi connectivity index (χ1) is 8.25. The zero-order valence-corrected chi connectivity index (χ0v) is 9.91. The van der Waals surface area contributed by atoms with Gasteiger partial charge in [-0.3, -0.25) is 4.79 Å². The Labute approximate surface area is 101 Å². The molecule has 3 aromatic rings. The van der Waals surface area contributed by atoms with E-state index in [9.17, 15) is 4.79 Å². The van der Waals surface area contributed by atoms with E-state index in [0.29, 0.717) is 16.0 Å². The zero-order valence-electron chi connectivity index (χ0n) is 9.10. The highest BCUT2D eigenvalue weighted by Crippen LogP contribution is 2.26. The molecule has 0 fully saturated rings. The lowest BCUT2D eigenvalue weighted by Gasteiger charge is -1.97. The number of aromatic nitrogens is 3. The van der Waals surface area contributed by atoms with Crippen molar-refractivity contribution >= 4 is 21.7 Å². The number of rotatable bonds is 1. The Morgan fingerprint density at radius 3 is 2.76 bits per heavy atom. The summed E-state index contributed by atoms with van der Waals surface area (Å²) in [6.45, 7) is 1.77. The summed E-state index contributed by atoms with van der Waals surface area (Å²) < 4.78 is 4.90. The van der Waals surface area contributed by atoms with E-state index in [1.165, 1.54) is 11.5 Å². The summed E-state index contributed by atoms with van der Waals surface area (Å²) in [6, 6.07) is 9.77. The van der Waals surface area contributed by atoms with Crippen LogP contribution in [0.4, 0.5) is 0 Å². The molecule has 2 aromatic heterocycles. The van der Waals surface area contributed by atoms with Crippen molar-refractivity contribution in [3.05, 3.63) is 46.5 Å². The maximum Gasteiger partial charge on any atom is 0.270 e. The molecular weight excluding hydrogens is 234 g/mol. The third-order valence-electron chi connectivity index (χ3n) is 2.49. The summed E-state index contributed by atoms with van der Waals surface area (Å²) in [7, 11) is 0. The maximum absolute atomic E-state index is 11.7. The Balaban J connectivity index is 2.36. The third kappa shape index (κ3) is 1.64. The van der Waals surface area contributed by atoms with E-state index in [1.54, 1.807) is 6.92 Å². The van der Waals surface area contributed by atoms with Crippen LogP contribution in [0.3, 0.4) is 0 Å². The summed E-state index contributed by atoms with van der Waals surface area (Å²) in [5.74, 6) is 0.611. The van der Waals surface area contributed by atoms with Crippen LogP contribution < -0.4 is 5.56 Å². The van der Waals surface area contributed by atoms with Gasteiger partial charge in [-0.15, -0.1) is 0 Å². The molecule has 0 amide bonds. The second kappa shape index (κ2) is 3.78. The predicted octanol–water partition coefficient (Wildman–Crippen LogP) is 2.36. The maximum atomic E-state index is 11.7. The molecule has 0 aliphatic heterocycles. The number of aryl methyl sites for hydroxylation is 1. The number of fused-ring (bicyclic) bond motifs is 1. The van der Waals surface area contributed by atoms with Gasteiger partial charge in [-0.2, -0.15) is 4.37 Å². The molecule has 0 saturated carbocycles. The largest absolute Gasteiger partial charge is 0.309 e. The molecule has 1 aromatic carbocycles. The van der Waals surface area contributed by atoms with Crippen LogP contribution in [0, 0.1) is 6.92 Å². The van der Waals surface area contributed by atoms with E-state index >= 15 is 0 Å². The Morgan fingerprint density at radius 1 is 1.24 bits per heavy atom. The van der Waals surface area contributed by atoms with E-state index in [1.807, 2.05) is 30.3 Å². The minimum atomic E-state index is -0.118. The molecule has 3 rings (SSSR count). The van der Waals surface area contributed by atoms with Crippen LogP contribution in [0.2, 0.25) is 0 Å². The van der Waals surface area contributed by atoms with Crippen molar-refractivity contribution in [3.63, 3.8) is 0 Å². The van der Waals surface area contributed by atoms with Crippen LogP contribution in [0.15, 0.2) is 35.1 Å². The number of benzene rings is 1. The molecule has 0 aliphatic rings. The first-order valence-corrected chi connectivity index (χ1v) is 5.95. The van der Waals surface area contributed by atoms with Crippen LogP contribution in [-0.4, -0.2) is 14.3 Å². The molecule has 5 heteroatoms. The Morgan fingerprint density at radius 2 is 2.00 bits per heavy atom. The minimum absolute atomic E-state index is 0.118.